The SMILES string of the molecule is COc1ccc(C(N)=[NH+]OC(=O)c2ccc(C)c(C)c2)cc1OC. The van der Waals surface area contributed by atoms with E-state index in [9.17, 15) is 4.79 Å². The van der Waals surface area contributed by atoms with E-state index in [1.54, 1.807) is 37.4 Å². The molecule has 0 aliphatic heterocycles. The van der Waals surface area contributed by atoms with Crippen LogP contribution in [0.2, 0.25) is 0 Å². The van der Waals surface area contributed by atoms with Crippen molar-refractivity contribution in [2.24, 2.45) is 5.73 Å². The van der Waals surface area contributed by atoms with Crippen LogP contribution in [0.5, 0.6) is 11.5 Å². The van der Waals surface area contributed by atoms with E-state index in [1.165, 1.54) is 7.11 Å². The summed E-state index contributed by atoms with van der Waals surface area (Å²) < 4.78 is 10.4. The molecule has 126 valence electrons. The molecule has 0 amide bonds. The Morgan fingerprint density at radius 2 is 1.58 bits per heavy atom. The minimum absolute atomic E-state index is 0.188. The van der Waals surface area contributed by atoms with Gasteiger partial charge in [0.15, 0.2) is 11.5 Å². The van der Waals surface area contributed by atoms with Crippen molar-refractivity contribution in [2.45, 2.75) is 13.8 Å². The Labute approximate surface area is 140 Å². The van der Waals surface area contributed by atoms with E-state index in [-0.39, 0.29) is 5.84 Å². The van der Waals surface area contributed by atoms with Crippen LogP contribution in [0.25, 0.3) is 0 Å². The number of rotatable bonds is 5. The van der Waals surface area contributed by atoms with Crippen molar-refractivity contribution in [3.63, 3.8) is 0 Å². The molecule has 24 heavy (non-hydrogen) atoms. The first kappa shape index (κ1) is 17.3. The number of aryl methyl sites for hydroxylation is 2. The Balaban J connectivity index is 2.16. The van der Waals surface area contributed by atoms with Crippen molar-refractivity contribution in [2.75, 3.05) is 14.2 Å². The maximum atomic E-state index is 12.1. The summed E-state index contributed by atoms with van der Waals surface area (Å²) in [4.78, 5) is 17.1. The lowest BCUT2D eigenvalue weighted by atomic mass is 10.1. The van der Waals surface area contributed by atoms with Gasteiger partial charge in [-0.2, -0.15) is 0 Å². The fraction of sp³-hybridized carbons (Fsp3) is 0.222. The molecule has 0 unspecified atom stereocenters. The molecule has 0 radical (unpaired) electrons. The van der Waals surface area contributed by atoms with Crippen LogP contribution < -0.4 is 20.4 Å². The van der Waals surface area contributed by atoms with Gasteiger partial charge in [0.1, 0.15) is 0 Å². The summed E-state index contributed by atoms with van der Waals surface area (Å²) in [6.45, 7) is 3.91. The number of benzene rings is 2. The summed E-state index contributed by atoms with van der Waals surface area (Å²) in [6.07, 6.45) is 0. The highest BCUT2D eigenvalue weighted by Crippen LogP contribution is 2.26. The highest BCUT2D eigenvalue weighted by Gasteiger charge is 2.13. The largest absolute Gasteiger partial charge is 0.493 e. The summed E-state index contributed by atoms with van der Waals surface area (Å²) in [5, 5.41) is 2.47. The Kier molecular flexibility index (Phi) is 5.42. The molecule has 0 aliphatic carbocycles. The molecule has 3 N–H and O–H groups in total. The second kappa shape index (κ2) is 7.50. The third-order valence-corrected chi connectivity index (χ3v) is 3.69. The Bertz CT molecular complexity index is 785. The molecule has 6 nitrogen and oxygen atoms in total. The van der Waals surface area contributed by atoms with Gasteiger partial charge >= 0.3 is 11.8 Å². The number of nitrogens with two attached hydrogens (primary N) is 1. The van der Waals surface area contributed by atoms with E-state index >= 15 is 0 Å². The lowest BCUT2D eigenvalue weighted by Crippen LogP contribution is -2.75. The van der Waals surface area contributed by atoms with Crippen LogP contribution in [-0.2, 0) is 4.84 Å². The van der Waals surface area contributed by atoms with Gasteiger partial charge in [0.25, 0.3) is 0 Å². The number of carbonyl (C=O) groups excluding carboxylic acids is 1. The van der Waals surface area contributed by atoms with Gasteiger partial charge < -0.3 is 9.47 Å². The number of nitrogen functional groups attached to an aromatic ring is 1. The van der Waals surface area contributed by atoms with Gasteiger partial charge in [0, 0.05) is 0 Å². The van der Waals surface area contributed by atoms with Crippen molar-refractivity contribution in [3.05, 3.63) is 58.7 Å². The van der Waals surface area contributed by atoms with Crippen molar-refractivity contribution in [1.82, 2.24) is 0 Å². The molecule has 0 aliphatic rings. The van der Waals surface area contributed by atoms with Gasteiger partial charge in [-0.3, -0.25) is 10.6 Å². The van der Waals surface area contributed by atoms with E-state index < -0.39 is 5.97 Å². The molecule has 0 fully saturated rings. The van der Waals surface area contributed by atoms with Crippen LogP contribution in [-0.4, -0.2) is 26.0 Å². The highest BCUT2D eigenvalue weighted by molar-refractivity contribution is 5.94. The monoisotopic (exact) mass is 329 g/mol. The minimum Gasteiger partial charge on any atom is -0.493 e. The number of nitrogens with one attached hydrogen (secondary N) is 1. The number of hydrogen-bond acceptors (Lipinski definition) is 4. The van der Waals surface area contributed by atoms with Crippen LogP contribution in [0.3, 0.4) is 0 Å². The number of ether oxygens (including phenoxy) is 2. The zero-order chi connectivity index (χ0) is 17.7. The van der Waals surface area contributed by atoms with Crippen LogP contribution >= 0.6 is 0 Å². The topological polar surface area (TPSA) is 84.8 Å². The average molecular weight is 329 g/mol. The van der Waals surface area contributed by atoms with Crippen molar-refractivity contribution in [3.8, 4) is 11.5 Å². The molecule has 2 aromatic rings. The number of carbonyl (C=O) groups is 1. The molecule has 2 aromatic carbocycles. The Hall–Kier alpha value is -3.02. The molecule has 0 saturated heterocycles. The normalized spacial score (nSPS) is 11.1. The molecular formula is C18H21N2O4+. The molecule has 0 aromatic heterocycles. The van der Waals surface area contributed by atoms with Crippen molar-refractivity contribution >= 4 is 11.8 Å². The van der Waals surface area contributed by atoms with E-state index in [0.29, 0.717) is 22.6 Å². The quantitative estimate of drug-likeness (QED) is 0.368. The maximum absolute atomic E-state index is 12.1. The first-order valence-corrected chi connectivity index (χ1v) is 7.35. The lowest BCUT2D eigenvalue weighted by molar-refractivity contribution is -0.721. The Morgan fingerprint density at radius 3 is 2.21 bits per heavy atom. The predicted molar refractivity (Wildman–Crippen MR) is 90.1 cm³/mol. The summed E-state index contributed by atoms with van der Waals surface area (Å²) in [6, 6.07) is 10.5. The highest BCUT2D eigenvalue weighted by atomic mass is 16.7. The summed E-state index contributed by atoms with van der Waals surface area (Å²) in [5.74, 6) is 0.788. The van der Waals surface area contributed by atoms with Gasteiger partial charge in [-0.05, 0) is 55.3 Å². The van der Waals surface area contributed by atoms with E-state index in [1.807, 2.05) is 19.9 Å². The van der Waals surface area contributed by atoms with Crippen LogP contribution in [0, 0.1) is 13.8 Å². The van der Waals surface area contributed by atoms with Crippen molar-refractivity contribution in [1.29, 1.82) is 0 Å². The smallest absolute Gasteiger partial charge is 0.387 e. The number of methoxy groups -OCH3 is 2. The second-order valence-corrected chi connectivity index (χ2v) is 5.27. The average Bonchev–Trinajstić information content (AvgIpc) is 2.60. The van der Waals surface area contributed by atoms with E-state index in [2.05, 4.69) is 5.16 Å². The molecule has 2 rings (SSSR count). The van der Waals surface area contributed by atoms with Gasteiger partial charge in [-0.25, -0.2) is 4.79 Å². The first-order valence-electron chi connectivity index (χ1n) is 7.35. The van der Waals surface area contributed by atoms with Crippen LogP contribution in [0.15, 0.2) is 36.4 Å². The zero-order valence-corrected chi connectivity index (χ0v) is 14.2. The fourth-order valence-electron chi connectivity index (χ4n) is 2.09. The third kappa shape index (κ3) is 3.84. The fourth-order valence-corrected chi connectivity index (χ4v) is 2.09. The molecule has 0 heterocycles. The van der Waals surface area contributed by atoms with Crippen LogP contribution in [0.1, 0.15) is 27.0 Å². The first-order chi connectivity index (χ1) is 11.5. The lowest BCUT2D eigenvalue weighted by Gasteiger charge is -2.07. The van der Waals surface area contributed by atoms with E-state index in [4.69, 9.17) is 20.0 Å². The van der Waals surface area contributed by atoms with Gasteiger partial charge in [-0.1, -0.05) is 11.2 Å². The minimum atomic E-state index is -0.512. The van der Waals surface area contributed by atoms with Gasteiger partial charge in [-0.15, -0.1) is 0 Å². The Morgan fingerprint density at radius 1 is 0.917 bits per heavy atom. The second-order valence-electron chi connectivity index (χ2n) is 5.27. The zero-order valence-electron chi connectivity index (χ0n) is 14.2. The molecule has 6 heteroatoms. The van der Waals surface area contributed by atoms with Crippen LogP contribution in [0.4, 0.5) is 0 Å². The summed E-state index contributed by atoms with van der Waals surface area (Å²) in [5.41, 5.74) is 9.11. The van der Waals surface area contributed by atoms with E-state index in [0.717, 1.165) is 11.1 Å². The number of amidine groups is 1. The summed E-state index contributed by atoms with van der Waals surface area (Å²) >= 11 is 0. The van der Waals surface area contributed by atoms with Gasteiger partial charge in [0.05, 0.1) is 25.3 Å². The standard InChI is InChI=1S/C18H20N2O4/c1-11-5-6-14(9-12(11)2)18(21)24-20-17(19)13-7-8-15(22-3)16(10-13)23-4/h5-10H,1-4H3,(H2,19,20)/p+1. The summed E-state index contributed by atoms with van der Waals surface area (Å²) in [7, 11) is 3.08. The molecule has 0 saturated carbocycles. The maximum Gasteiger partial charge on any atom is 0.387 e. The number of hydrogen-bond donors (Lipinski definition) is 2. The predicted octanol–water partition coefficient (Wildman–Crippen LogP) is 0.879. The molecule has 0 spiro atoms. The molecule has 0 atom stereocenters. The molecule has 0 bridgehead atoms. The van der Waals surface area contributed by atoms with Gasteiger partial charge in [0.2, 0.25) is 0 Å². The third-order valence-electron chi connectivity index (χ3n) is 3.69. The molecular weight excluding hydrogens is 308 g/mol. The van der Waals surface area contributed by atoms with Crippen molar-refractivity contribution < 1.29 is 24.3 Å².